The Morgan fingerprint density at radius 1 is 1.38 bits per heavy atom. The van der Waals surface area contributed by atoms with Crippen LogP contribution in [0.3, 0.4) is 0 Å². The number of rotatable bonds is 4. The minimum Gasteiger partial charge on any atom is -0.465 e. The molecule has 0 saturated carbocycles. The quantitative estimate of drug-likeness (QED) is 0.563. The van der Waals surface area contributed by atoms with Gasteiger partial charge in [-0.25, -0.2) is 5.10 Å². The Morgan fingerprint density at radius 3 is 3.12 bits per heavy atom. The van der Waals surface area contributed by atoms with Crippen LogP contribution in [0.4, 0.5) is 0 Å². The van der Waals surface area contributed by atoms with Gasteiger partial charge in [0, 0.05) is 11.3 Å². The van der Waals surface area contributed by atoms with Crippen LogP contribution in [0.5, 0.6) is 0 Å². The van der Waals surface area contributed by atoms with E-state index >= 15 is 0 Å². The minimum absolute atomic E-state index is 0.432. The lowest BCUT2D eigenvalue weighted by Gasteiger charge is -1.99. The molecule has 122 valence electrons. The molecule has 7 nitrogen and oxygen atoms in total. The summed E-state index contributed by atoms with van der Waals surface area (Å²) in [5.41, 5.74) is 4.15. The van der Waals surface area contributed by atoms with Gasteiger partial charge in [0.25, 0.3) is 0 Å². The van der Waals surface area contributed by atoms with Crippen LogP contribution in [-0.2, 0) is 12.8 Å². The van der Waals surface area contributed by atoms with Crippen LogP contribution >= 0.6 is 12.2 Å². The molecule has 0 atom stereocenters. The number of furan rings is 1. The first kappa shape index (κ1) is 14.8. The average molecular weight is 340 g/mol. The van der Waals surface area contributed by atoms with Gasteiger partial charge < -0.3 is 4.42 Å². The molecule has 4 rings (SSSR count). The third-order valence-corrected chi connectivity index (χ3v) is 4.22. The van der Waals surface area contributed by atoms with Crippen LogP contribution < -0.4 is 0 Å². The minimum atomic E-state index is 0.432. The number of nitrogens with one attached hydrogen (secondary N) is 2. The second-order valence-electron chi connectivity index (χ2n) is 5.70. The highest BCUT2D eigenvalue weighted by Gasteiger charge is 2.23. The first-order valence-corrected chi connectivity index (χ1v) is 8.13. The molecule has 0 aliphatic heterocycles. The van der Waals surface area contributed by atoms with E-state index in [9.17, 15) is 0 Å². The van der Waals surface area contributed by atoms with Gasteiger partial charge in [-0.05, 0) is 62.2 Å². The number of aromatic nitrogens is 5. The largest absolute Gasteiger partial charge is 0.465 e. The Morgan fingerprint density at radius 2 is 2.29 bits per heavy atom. The molecule has 0 fully saturated rings. The first-order valence-electron chi connectivity index (χ1n) is 7.72. The Balaban J connectivity index is 1.68. The summed E-state index contributed by atoms with van der Waals surface area (Å²) < 4.78 is 7.33. The lowest BCUT2D eigenvalue weighted by molar-refractivity contribution is 0.557. The van der Waals surface area contributed by atoms with Gasteiger partial charge >= 0.3 is 0 Å². The van der Waals surface area contributed by atoms with Gasteiger partial charge in [-0.2, -0.15) is 20.0 Å². The lowest BCUT2D eigenvalue weighted by atomic mass is 10.2. The van der Waals surface area contributed by atoms with Crippen molar-refractivity contribution < 1.29 is 4.42 Å². The smallest absolute Gasteiger partial charge is 0.216 e. The van der Waals surface area contributed by atoms with Crippen LogP contribution in [0.15, 0.2) is 33.5 Å². The van der Waals surface area contributed by atoms with Crippen LogP contribution in [0, 0.1) is 4.77 Å². The van der Waals surface area contributed by atoms with Crippen LogP contribution in [0.1, 0.15) is 30.4 Å². The Labute approximate surface area is 143 Å². The summed E-state index contributed by atoms with van der Waals surface area (Å²) in [5.74, 6) is 1.40. The van der Waals surface area contributed by atoms with Gasteiger partial charge in [0.05, 0.1) is 12.5 Å². The molecule has 8 heteroatoms. The number of nitrogens with zero attached hydrogens (tertiary/aromatic N) is 4. The fourth-order valence-electron chi connectivity index (χ4n) is 2.84. The number of hydrogen-bond acceptors (Lipinski definition) is 5. The highest BCUT2D eigenvalue weighted by molar-refractivity contribution is 7.71. The molecule has 0 radical (unpaired) electrons. The third-order valence-electron chi connectivity index (χ3n) is 3.96. The molecule has 1 aliphatic rings. The summed E-state index contributed by atoms with van der Waals surface area (Å²) in [6, 6.07) is 3.73. The molecule has 0 spiro atoms. The van der Waals surface area contributed by atoms with Gasteiger partial charge in [-0.15, -0.1) is 0 Å². The van der Waals surface area contributed by atoms with Crippen molar-refractivity contribution in [3.63, 3.8) is 0 Å². The van der Waals surface area contributed by atoms with E-state index in [2.05, 4.69) is 25.5 Å². The maximum atomic E-state index is 5.30. The molecule has 0 bridgehead atoms. The molecule has 2 N–H and O–H groups in total. The van der Waals surface area contributed by atoms with Crippen molar-refractivity contribution in [2.24, 2.45) is 5.10 Å². The lowest BCUT2D eigenvalue weighted by Crippen LogP contribution is -1.97. The summed E-state index contributed by atoms with van der Waals surface area (Å²) in [5, 5.41) is 19.0. The molecule has 0 amide bonds. The summed E-state index contributed by atoms with van der Waals surface area (Å²) >= 11 is 5.30. The van der Waals surface area contributed by atoms with Crippen molar-refractivity contribution in [3.05, 3.63) is 45.8 Å². The summed E-state index contributed by atoms with van der Waals surface area (Å²) in [4.78, 5) is 0. The molecule has 24 heavy (non-hydrogen) atoms. The summed E-state index contributed by atoms with van der Waals surface area (Å²) in [6.45, 7) is 1.95. The third kappa shape index (κ3) is 2.65. The summed E-state index contributed by atoms with van der Waals surface area (Å²) in [6.07, 6.45) is 8.43. The number of H-pyrrole nitrogens is 2. The summed E-state index contributed by atoms with van der Waals surface area (Å²) in [7, 11) is 0. The van der Waals surface area contributed by atoms with Gasteiger partial charge in [-0.1, -0.05) is 0 Å². The van der Waals surface area contributed by atoms with Crippen LogP contribution in [-0.4, -0.2) is 31.3 Å². The van der Waals surface area contributed by atoms with Crippen molar-refractivity contribution in [1.82, 2.24) is 25.1 Å². The molecule has 3 aromatic heterocycles. The average Bonchev–Trinajstić information content (AvgIpc) is 3.29. The zero-order valence-electron chi connectivity index (χ0n) is 13.1. The van der Waals surface area contributed by atoms with Crippen molar-refractivity contribution in [2.45, 2.75) is 26.2 Å². The van der Waals surface area contributed by atoms with E-state index < -0.39 is 0 Å². The topological polar surface area (TPSA) is 87.8 Å². The predicted molar refractivity (Wildman–Crippen MR) is 93.3 cm³/mol. The molecular weight excluding hydrogens is 324 g/mol. The fraction of sp³-hybridized carbons (Fsp3) is 0.250. The molecular formula is C16H16N6OS. The van der Waals surface area contributed by atoms with Crippen molar-refractivity contribution >= 4 is 24.5 Å². The standard InChI is InChI=1S/C16H16N6OS/c1-10(8-11-4-3-7-23-11)9-17-22-15(20-21-16(22)24)14-12-5-2-6-13(12)18-19-14/h3-4,7-9H,2,5-6H2,1H3,(H,18,19)(H,21,24)/b10-8+,17-9-. The highest BCUT2D eigenvalue weighted by atomic mass is 32.1. The van der Waals surface area contributed by atoms with E-state index in [1.54, 1.807) is 17.2 Å². The van der Waals surface area contributed by atoms with Crippen LogP contribution in [0.2, 0.25) is 0 Å². The Bertz CT molecular complexity index is 973. The van der Waals surface area contributed by atoms with Crippen LogP contribution in [0.25, 0.3) is 17.6 Å². The van der Waals surface area contributed by atoms with E-state index in [0.29, 0.717) is 10.6 Å². The van der Waals surface area contributed by atoms with E-state index in [1.807, 2.05) is 25.1 Å². The van der Waals surface area contributed by atoms with Gasteiger partial charge in [0.15, 0.2) is 0 Å². The predicted octanol–water partition coefficient (Wildman–Crippen LogP) is 3.35. The number of fused-ring (bicyclic) bond motifs is 1. The molecule has 0 aromatic carbocycles. The molecule has 3 heterocycles. The molecule has 3 aromatic rings. The second-order valence-corrected chi connectivity index (χ2v) is 6.08. The highest BCUT2D eigenvalue weighted by Crippen LogP contribution is 2.29. The Kier molecular flexibility index (Phi) is 3.73. The maximum absolute atomic E-state index is 5.30. The van der Waals surface area contributed by atoms with Gasteiger partial charge in [-0.3, -0.25) is 5.10 Å². The maximum Gasteiger partial charge on any atom is 0.216 e. The molecule has 0 unspecified atom stereocenters. The molecule has 1 aliphatic carbocycles. The molecule has 0 saturated heterocycles. The van der Waals surface area contributed by atoms with Gasteiger partial charge in [0.2, 0.25) is 10.6 Å². The normalized spacial score (nSPS) is 14.6. The number of allylic oxidation sites excluding steroid dienone is 1. The fourth-order valence-corrected chi connectivity index (χ4v) is 3.02. The number of aromatic amines is 2. The van der Waals surface area contributed by atoms with E-state index in [1.165, 1.54) is 11.3 Å². The van der Waals surface area contributed by atoms with Crippen molar-refractivity contribution in [3.8, 4) is 11.5 Å². The monoisotopic (exact) mass is 340 g/mol. The van der Waals surface area contributed by atoms with E-state index in [4.69, 9.17) is 16.6 Å². The zero-order chi connectivity index (χ0) is 16.5. The van der Waals surface area contributed by atoms with Gasteiger partial charge in [0.1, 0.15) is 11.5 Å². The number of hydrogen-bond donors (Lipinski definition) is 2. The Hall–Kier alpha value is -2.74. The number of aryl methyl sites for hydroxylation is 1. The van der Waals surface area contributed by atoms with Crippen molar-refractivity contribution in [1.29, 1.82) is 0 Å². The first-order chi connectivity index (χ1) is 11.7. The van der Waals surface area contributed by atoms with E-state index in [-0.39, 0.29) is 0 Å². The SMILES string of the molecule is CC(/C=N\n1c(-c2n[nH]c3c2CCC3)n[nH]c1=S)=C\c1ccco1. The van der Waals surface area contributed by atoms with Crippen molar-refractivity contribution in [2.75, 3.05) is 0 Å². The second kappa shape index (κ2) is 6.04. The van der Waals surface area contributed by atoms with E-state index in [0.717, 1.165) is 36.3 Å². The zero-order valence-corrected chi connectivity index (χ0v) is 13.9.